The molecule has 0 spiro atoms. The van der Waals surface area contributed by atoms with Crippen LogP contribution < -0.4 is 5.32 Å². The molecular formula is C27H52NO10P. The van der Waals surface area contributed by atoms with Crippen LogP contribution in [-0.4, -0.2) is 64.9 Å². The number of aliphatic carboxylic acids is 1. The van der Waals surface area contributed by atoms with Crippen molar-refractivity contribution in [3.8, 4) is 0 Å². The van der Waals surface area contributed by atoms with Gasteiger partial charge in [-0.3, -0.25) is 18.6 Å². The van der Waals surface area contributed by atoms with E-state index in [1.807, 2.05) is 6.92 Å². The number of carbonyl (C=O) groups excluding carboxylic acids is 2. The first-order valence-electron chi connectivity index (χ1n) is 14.6. The molecule has 0 aliphatic heterocycles. The Morgan fingerprint density at radius 2 is 1.18 bits per heavy atom. The quantitative estimate of drug-likeness (QED) is 0.0570. The lowest BCUT2D eigenvalue weighted by Gasteiger charge is -2.18. The maximum absolute atomic E-state index is 12.0. The van der Waals surface area contributed by atoms with E-state index in [2.05, 4.69) is 21.3 Å². The lowest BCUT2D eigenvalue weighted by Crippen LogP contribution is -2.43. The van der Waals surface area contributed by atoms with Crippen LogP contribution in [0.5, 0.6) is 0 Å². The van der Waals surface area contributed by atoms with Crippen molar-refractivity contribution in [2.24, 2.45) is 0 Å². The lowest BCUT2D eigenvalue weighted by molar-refractivity contribution is -0.147. The predicted molar refractivity (Wildman–Crippen MR) is 148 cm³/mol. The molecule has 0 aliphatic rings. The number of hydrogen-bond acceptors (Lipinski definition) is 8. The topological polar surface area (TPSA) is 169 Å². The van der Waals surface area contributed by atoms with Gasteiger partial charge >= 0.3 is 19.8 Å². The molecule has 0 bridgehead atoms. The summed E-state index contributed by atoms with van der Waals surface area (Å²) in [5.41, 5.74) is 0. The van der Waals surface area contributed by atoms with Crippen molar-refractivity contribution >= 4 is 25.7 Å². The highest BCUT2D eigenvalue weighted by Crippen LogP contribution is 2.43. The highest BCUT2D eigenvalue weighted by Gasteiger charge is 2.28. The molecule has 12 heteroatoms. The van der Waals surface area contributed by atoms with Crippen LogP contribution in [0.3, 0.4) is 0 Å². The van der Waals surface area contributed by atoms with Gasteiger partial charge in [0.25, 0.3) is 0 Å². The monoisotopic (exact) mass is 581 g/mol. The van der Waals surface area contributed by atoms with Gasteiger partial charge in [0.15, 0.2) is 6.04 Å². The minimum Gasteiger partial charge on any atom is -0.480 e. The van der Waals surface area contributed by atoms with Gasteiger partial charge in [0.2, 0.25) is 5.91 Å². The van der Waals surface area contributed by atoms with E-state index in [0.29, 0.717) is 12.8 Å². The van der Waals surface area contributed by atoms with Crippen molar-refractivity contribution in [3.63, 3.8) is 0 Å². The number of ether oxygens (including phenoxy) is 1. The number of carboxylic acids is 1. The second-order valence-corrected chi connectivity index (χ2v) is 11.4. The van der Waals surface area contributed by atoms with Gasteiger partial charge < -0.3 is 25.2 Å². The maximum atomic E-state index is 12.0. The molecule has 0 aromatic carbocycles. The molecule has 0 saturated heterocycles. The molecule has 4 N–H and O–H groups in total. The second-order valence-electron chi connectivity index (χ2n) is 9.95. The van der Waals surface area contributed by atoms with Gasteiger partial charge in [-0.05, 0) is 12.8 Å². The smallest absolute Gasteiger partial charge is 0.472 e. The number of aliphatic hydroxyl groups excluding tert-OH is 1. The number of carbonyl (C=O) groups is 3. The molecule has 0 aromatic heterocycles. The summed E-state index contributed by atoms with van der Waals surface area (Å²) < 4.78 is 26.3. The van der Waals surface area contributed by atoms with Crippen molar-refractivity contribution in [2.45, 2.75) is 135 Å². The number of esters is 1. The molecule has 0 aliphatic carbocycles. The van der Waals surface area contributed by atoms with Crippen molar-refractivity contribution in [1.29, 1.82) is 0 Å². The second kappa shape index (κ2) is 24.3. The number of phosphoric ester groups is 1. The molecular weight excluding hydrogens is 529 g/mol. The summed E-state index contributed by atoms with van der Waals surface area (Å²) in [5.74, 6) is -2.41. The summed E-state index contributed by atoms with van der Waals surface area (Å²) in [5, 5.41) is 21.3. The number of amides is 1. The normalized spacial score (nSPS) is 14.4. The largest absolute Gasteiger partial charge is 0.480 e. The van der Waals surface area contributed by atoms with Crippen LogP contribution in [0.25, 0.3) is 0 Å². The third-order valence-electron chi connectivity index (χ3n) is 6.15. The summed E-state index contributed by atoms with van der Waals surface area (Å²) in [6.45, 7) is 2.31. The maximum Gasteiger partial charge on any atom is 0.472 e. The number of aliphatic hydroxyl groups is 1. The molecule has 39 heavy (non-hydrogen) atoms. The van der Waals surface area contributed by atoms with Gasteiger partial charge in [-0.25, -0.2) is 9.36 Å². The molecule has 0 heterocycles. The van der Waals surface area contributed by atoms with Crippen LogP contribution in [0.2, 0.25) is 0 Å². The molecule has 0 radical (unpaired) electrons. The Labute approximate surface area is 234 Å². The zero-order valence-electron chi connectivity index (χ0n) is 23.9. The van der Waals surface area contributed by atoms with Crippen LogP contribution >= 0.6 is 7.82 Å². The minimum absolute atomic E-state index is 0.134. The molecule has 3 atom stereocenters. The van der Waals surface area contributed by atoms with Crippen LogP contribution in [-0.2, 0) is 32.7 Å². The summed E-state index contributed by atoms with van der Waals surface area (Å²) in [7, 11) is -4.71. The fourth-order valence-corrected chi connectivity index (χ4v) is 4.56. The standard InChI is InChI=1S/C27H52NO10P/c1-3-5-7-8-9-10-11-12-13-14-15-17-19-26(31)36-20-23(29)21-37-39(34,35)38-22-24(27(32)33)28-25(30)18-16-6-4-2/h23-24,29H,3-22H2,1-2H3,(H,28,30)(H,32,33)(H,34,35). The first kappa shape index (κ1) is 37.5. The van der Waals surface area contributed by atoms with E-state index in [4.69, 9.17) is 4.74 Å². The SMILES string of the molecule is CCCCCCCCCCCCCCC(=O)OCC(O)COP(=O)(O)OCC(NC(=O)CCCCC)C(=O)O. The predicted octanol–water partition coefficient (Wildman–Crippen LogP) is 5.27. The first-order chi connectivity index (χ1) is 18.6. The van der Waals surface area contributed by atoms with E-state index in [0.717, 1.165) is 32.1 Å². The molecule has 11 nitrogen and oxygen atoms in total. The van der Waals surface area contributed by atoms with Gasteiger partial charge in [0, 0.05) is 12.8 Å². The molecule has 1 amide bonds. The fraction of sp³-hybridized carbons (Fsp3) is 0.889. The van der Waals surface area contributed by atoms with E-state index in [1.54, 1.807) is 0 Å². The van der Waals surface area contributed by atoms with E-state index in [-0.39, 0.29) is 12.8 Å². The van der Waals surface area contributed by atoms with Crippen LogP contribution in [0.1, 0.15) is 123 Å². The lowest BCUT2D eigenvalue weighted by atomic mass is 10.0. The summed E-state index contributed by atoms with van der Waals surface area (Å²) >= 11 is 0. The van der Waals surface area contributed by atoms with E-state index < -0.39 is 57.6 Å². The number of nitrogens with one attached hydrogen (secondary N) is 1. The third-order valence-corrected chi connectivity index (χ3v) is 7.10. The Bertz CT molecular complexity index is 706. The van der Waals surface area contributed by atoms with Crippen molar-refractivity contribution < 1.29 is 47.8 Å². The number of rotatable bonds is 27. The van der Waals surface area contributed by atoms with Crippen LogP contribution in [0.4, 0.5) is 0 Å². The Kier molecular flexibility index (Phi) is 23.3. The molecule has 230 valence electrons. The van der Waals surface area contributed by atoms with Gasteiger partial charge in [-0.1, -0.05) is 97.3 Å². The molecule has 0 rings (SSSR count). The average Bonchev–Trinajstić information content (AvgIpc) is 2.89. The van der Waals surface area contributed by atoms with E-state index >= 15 is 0 Å². The van der Waals surface area contributed by atoms with Crippen LogP contribution in [0.15, 0.2) is 0 Å². The van der Waals surface area contributed by atoms with E-state index in [9.17, 15) is 34.1 Å². The highest BCUT2D eigenvalue weighted by molar-refractivity contribution is 7.47. The van der Waals surface area contributed by atoms with Gasteiger partial charge in [0.05, 0.1) is 13.2 Å². The summed E-state index contributed by atoms with van der Waals surface area (Å²) in [6.07, 6.45) is 15.5. The minimum atomic E-state index is -4.71. The first-order valence-corrected chi connectivity index (χ1v) is 16.1. The van der Waals surface area contributed by atoms with Crippen LogP contribution in [0, 0.1) is 0 Å². The fourth-order valence-electron chi connectivity index (χ4n) is 3.78. The zero-order valence-corrected chi connectivity index (χ0v) is 24.8. The Morgan fingerprint density at radius 1 is 0.718 bits per heavy atom. The van der Waals surface area contributed by atoms with Crippen molar-refractivity contribution in [1.82, 2.24) is 5.32 Å². The number of unbranched alkanes of at least 4 members (excludes halogenated alkanes) is 13. The van der Waals surface area contributed by atoms with Gasteiger partial charge in [0.1, 0.15) is 12.7 Å². The Hall–Kier alpha value is -1.52. The average molecular weight is 582 g/mol. The van der Waals surface area contributed by atoms with Gasteiger partial charge in [-0.2, -0.15) is 0 Å². The molecule has 0 aromatic rings. The third kappa shape index (κ3) is 24.0. The van der Waals surface area contributed by atoms with E-state index in [1.165, 1.54) is 51.4 Å². The highest BCUT2D eigenvalue weighted by atomic mass is 31.2. The Balaban J connectivity index is 3.95. The Morgan fingerprint density at radius 3 is 1.72 bits per heavy atom. The molecule has 3 unspecified atom stereocenters. The molecule has 0 fully saturated rings. The number of hydrogen-bond donors (Lipinski definition) is 4. The number of phosphoric acid groups is 1. The van der Waals surface area contributed by atoms with Crippen molar-refractivity contribution in [3.05, 3.63) is 0 Å². The molecule has 0 saturated carbocycles. The van der Waals surface area contributed by atoms with Gasteiger partial charge in [-0.15, -0.1) is 0 Å². The summed E-state index contributed by atoms with van der Waals surface area (Å²) in [6, 6.07) is -1.53. The number of carboxylic acid groups (broad SMARTS) is 1. The van der Waals surface area contributed by atoms with Crippen molar-refractivity contribution in [2.75, 3.05) is 19.8 Å². The summed E-state index contributed by atoms with van der Waals surface area (Å²) in [4.78, 5) is 44.7. The zero-order chi connectivity index (χ0) is 29.4.